The minimum Gasteiger partial charge on any atom is -0.468 e. The Morgan fingerprint density at radius 1 is 1.21 bits per heavy atom. The molecule has 3 N–H and O–H groups in total. The second kappa shape index (κ2) is 8.00. The summed E-state index contributed by atoms with van der Waals surface area (Å²) in [7, 11) is 1.38. The number of fused-ring (bicyclic) bond motifs is 1. The number of ether oxygens (including phenoxy) is 1. The van der Waals surface area contributed by atoms with Crippen molar-refractivity contribution in [2.24, 2.45) is 0 Å². The van der Waals surface area contributed by atoms with E-state index in [4.69, 9.17) is 4.74 Å². The number of hydrogen-bond acceptors (Lipinski definition) is 6. The van der Waals surface area contributed by atoms with Gasteiger partial charge in [-0.15, -0.1) is 0 Å². The number of carbonyl (C=O) groups excluding carboxylic acids is 2. The van der Waals surface area contributed by atoms with Gasteiger partial charge in [-0.05, 0) is 50.1 Å². The van der Waals surface area contributed by atoms with Crippen LogP contribution in [-0.2, 0) is 9.53 Å². The highest BCUT2D eigenvalue weighted by molar-refractivity contribution is 6.01. The summed E-state index contributed by atoms with van der Waals surface area (Å²) in [4.78, 5) is 28.6. The molecule has 150 valence electrons. The number of nitrogens with zero attached hydrogens (tertiary/aromatic N) is 2. The summed E-state index contributed by atoms with van der Waals surface area (Å²) in [6.07, 6.45) is 3.09. The average Bonchev–Trinajstić information content (AvgIpc) is 3.17. The smallest absolute Gasteiger partial charge is 0.322 e. The molecule has 29 heavy (non-hydrogen) atoms. The Morgan fingerprint density at radius 3 is 2.79 bits per heavy atom. The maximum atomic E-state index is 12.8. The number of benzene rings is 1. The third kappa shape index (κ3) is 3.97. The number of piperidine rings is 1. The van der Waals surface area contributed by atoms with Crippen molar-refractivity contribution in [2.45, 2.75) is 31.8 Å². The van der Waals surface area contributed by atoms with E-state index in [0.29, 0.717) is 24.9 Å². The first-order chi connectivity index (χ1) is 14.0. The minimum absolute atomic E-state index is 0.0363. The van der Waals surface area contributed by atoms with Crippen molar-refractivity contribution in [3.8, 4) is 11.3 Å². The molecule has 0 radical (unpaired) electrons. The zero-order chi connectivity index (χ0) is 20.4. The van der Waals surface area contributed by atoms with E-state index in [1.165, 1.54) is 7.11 Å². The molecule has 0 bridgehead atoms. The van der Waals surface area contributed by atoms with Gasteiger partial charge in [0.2, 0.25) is 0 Å². The second-order valence-electron chi connectivity index (χ2n) is 7.25. The van der Waals surface area contributed by atoms with Gasteiger partial charge in [-0.2, -0.15) is 5.10 Å². The summed E-state index contributed by atoms with van der Waals surface area (Å²) in [5, 5.41) is 14.5. The Bertz CT molecular complexity index is 1050. The van der Waals surface area contributed by atoms with E-state index in [2.05, 4.69) is 25.8 Å². The fraction of sp³-hybridized carbons (Fsp3) is 0.333. The van der Waals surface area contributed by atoms with Crippen LogP contribution in [0.2, 0.25) is 0 Å². The van der Waals surface area contributed by atoms with Gasteiger partial charge in [0.1, 0.15) is 11.7 Å². The van der Waals surface area contributed by atoms with Crippen molar-refractivity contribution in [3.63, 3.8) is 0 Å². The number of H-pyrrole nitrogens is 1. The van der Waals surface area contributed by atoms with E-state index in [0.717, 1.165) is 27.9 Å². The first-order valence-corrected chi connectivity index (χ1v) is 9.58. The van der Waals surface area contributed by atoms with Crippen molar-refractivity contribution in [3.05, 3.63) is 47.8 Å². The number of pyridine rings is 1. The van der Waals surface area contributed by atoms with Crippen LogP contribution in [0.3, 0.4) is 0 Å². The molecule has 1 amide bonds. The molecule has 1 saturated heterocycles. The van der Waals surface area contributed by atoms with Crippen LogP contribution in [0, 0.1) is 6.92 Å². The lowest BCUT2D eigenvalue weighted by atomic mass is 10.00. The summed E-state index contributed by atoms with van der Waals surface area (Å²) >= 11 is 0. The molecule has 0 saturated carbocycles. The molecule has 3 aromatic rings. The number of nitrogens with one attached hydrogen (secondary N) is 3. The topological polar surface area (TPSA) is 109 Å². The van der Waals surface area contributed by atoms with E-state index >= 15 is 0 Å². The number of carbonyl (C=O) groups is 2. The predicted molar refractivity (Wildman–Crippen MR) is 108 cm³/mol. The van der Waals surface area contributed by atoms with Crippen LogP contribution in [0.5, 0.6) is 0 Å². The lowest BCUT2D eigenvalue weighted by molar-refractivity contribution is -0.143. The van der Waals surface area contributed by atoms with E-state index in [9.17, 15) is 9.59 Å². The molecule has 0 aliphatic carbocycles. The van der Waals surface area contributed by atoms with Gasteiger partial charge >= 0.3 is 5.97 Å². The standard InChI is InChI=1S/C21H23N5O3/c1-12-9-13(7-8-22-12)19-16-10-14(3-5-17(16)25-26-19)20(27)24-15-4-6-18(23-11-15)21(28)29-2/h3,5,7-10,15,18,23H,4,6,11H2,1-2H3,(H,24,27)(H,25,26). The summed E-state index contributed by atoms with van der Waals surface area (Å²) in [6, 6.07) is 9.03. The number of rotatable bonds is 4. The van der Waals surface area contributed by atoms with Crippen molar-refractivity contribution >= 4 is 22.8 Å². The summed E-state index contributed by atoms with van der Waals surface area (Å²) in [5.41, 5.74) is 4.09. The van der Waals surface area contributed by atoms with Gasteiger partial charge < -0.3 is 15.4 Å². The number of aromatic nitrogens is 3. The molecule has 8 heteroatoms. The molecule has 3 heterocycles. The second-order valence-corrected chi connectivity index (χ2v) is 7.25. The Balaban J connectivity index is 1.50. The summed E-state index contributed by atoms with van der Waals surface area (Å²) in [5.74, 6) is -0.410. The molecule has 1 aliphatic rings. The molecule has 2 unspecified atom stereocenters. The lowest BCUT2D eigenvalue weighted by Gasteiger charge is -2.28. The number of esters is 1. The van der Waals surface area contributed by atoms with Gasteiger partial charge in [-0.25, -0.2) is 0 Å². The Morgan fingerprint density at radius 2 is 2.07 bits per heavy atom. The van der Waals surface area contributed by atoms with E-state index in [-0.39, 0.29) is 24.0 Å². The van der Waals surface area contributed by atoms with Gasteiger partial charge in [-0.3, -0.25) is 19.7 Å². The molecular weight excluding hydrogens is 370 g/mol. The monoisotopic (exact) mass is 393 g/mol. The quantitative estimate of drug-likeness (QED) is 0.585. The highest BCUT2D eigenvalue weighted by Gasteiger charge is 2.27. The van der Waals surface area contributed by atoms with Crippen molar-refractivity contribution < 1.29 is 14.3 Å². The summed E-state index contributed by atoms with van der Waals surface area (Å²) < 4.78 is 4.76. The third-order valence-corrected chi connectivity index (χ3v) is 5.23. The maximum Gasteiger partial charge on any atom is 0.322 e. The molecule has 0 spiro atoms. The van der Waals surface area contributed by atoms with Crippen LogP contribution in [-0.4, -0.2) is 52.8 Å². The lowest BCUT2D eigenvalue weighted by Crippen LogP contribution is -2.52. The average molecular weight is 393 g/mol. The van der Waals surface area contributed by atoms with Gasteiger partial charge in [0, 0.05) is 41.0 Å². The highest BCUT2D eigenvalue weighted by atomic mass is 16.5. The minimum atomic E-state index is -0.304. The largest absolute Gasteiger partial charge is 0.468 e. The van der Waals surface area contributed by atoms with Crippen LogP contribution < -0.4 is 10.6 Å². The molecule has 1 fully saturated rings. The van der Waals surface area contributed by atoms with Crippen molar-refractivity contribution in [1.82, 2.24) is 25.8 Å². The first kappa shape index (κ1) is 19.1. The highest BCUT2D eigenvalue weighted by Crippen LogP contribution is 2.27. The van der Waals surface area contributed by atoms with Crippen LogP contribution in [0.15, 0.2) is 36.5 Å². The number of hydrogen-bond donors (Lipinski definition) is 3. The fourth-order valence-corrected chi connectivity index (χ4v) is 3.66. The number of amides is 1. The molecule has 1 aromatic carbocycles. The van der Waals surface area contributed by atoms with E-state index in [1.54, 1.807) is 12.3 Å². The maximum absolute atomic E-state index is 12.8. The molecule has 4 rings (SSSR count). The van der Waals surface area contributed by atoms with Crippen LogP contribution in [0.4, 0.5) is 0 Å². The molecular formula is C21H23N5O3. The molecule has 1 aliphatic heterocycles. The number of aromatic amines is 1. The van der Waals surface area contributed by atoms with E-state index < -0.39 is 0 Å². The number of methoxy groups -OCH3 is 1. The zero-order valence-corrected chi connectivity index (χ0v) is 16.4. The third-order valence-electron chi connectivity index (χ3n) is 5.23. The Hall–Kier alpha value is -3.26. The van der Waals surface area contributed by atoms with Gasteiger partial charge in [0.05, 0.1) is 12.6 Å². The molecule has 8 nitrogen and oxygen atoms in total. The Kier molecular flexibility index (Phi) is 5.26. The fourth-order valence-electron chi connectivity index (χ4n) is 3.66. The van der Waals surface area contributed by atoms with Crippen LogP contribution in [0.1, 0.15) is 28.9 Å². The van der Waals surface area contributed by atoms with Crippen LogP contribution >= 0.6 is 0 Å². The molecule has 2 atom stereocenters. The number of aryl methyl sites for hydroxylation is 1. The van der Waals surface area contributed by atoms with Crippen LogP contribution in [0.25, 0.3) is 22.2 Å². The first-order valence-electron chi connectivity index (χ1n) is 9.58. The SMILES string of the molecule is COC(=O)C1CCC(NC(=O)c2ccc3[nH]nc(-c4ccnc(C)c4)c3c2)CN1. The van der Waals surface area contributed by atoms with Crippen molar-refractivity contribution in [2.75, 3.05) is 13.7 Å². The predicted octanol–water partition coefficient (Wildman–Crippen LogP) is 1.96. The van der Waals surface area contributed by atoms with E-state index in [1.807, 2.05) is 31.2 Å². The van der Waals surface area contributed by atoms with Gasteiger partial charge in [0.15, 0.2) is 0 Å². The molecule has 2 aromatic heterocycles. The zero-order valence-electron chi connectivity index (χ0n) is 16.4. The van der Waals surface area contributed by atoms with Gasteiger partial charge in [0.25, 0.3) is 5.91 Å². The van der Waals surface area contributed by atoms with Crippen molar-refractivity contribution in [1.29, 1.82) is 0 Å². The van der Waals surface area contributed by atoms with Gasteiger partial charge in [-0.1, -0.05) is 0 Å². The normalized spacial score (nSPS) is 19.1. The summed E-state index contributed by atoms with van der Waals surface area (Å²) in [6.45, 7) is 2.46. The Labute approximate surface area is 168 Å².